The minimum atomic E-state index is -0.714. The Balaban J connectivity index is 2.27. The predicted molar refractivity (Wildman–Crippen MR) is 68.3 cm³/mol. The number of rotatable bonds is 2. The summed E-state index contributed by atoms with van der Waals surface area (Å²) in [6.45, 7) is 1.43. The van der Waals surface area contributed by atoms with Crippen molar-refractivity contribution in [2.75, 3.05) is 5.32 Å². The fourth-order valence-electron chi connectivity index (χ4n) is 1.46. The molecule has 0 saturated carbocycles. The predicted octanol–water partition coefficient (Wildman–Crippen LogP) is 3.57. The number of halogens is 3. The van der Waals surface area contributed by atoms with E-state index in [1.807, 2.05) is 0 Å². The summed E-state index contributed by atoms with van der Waals surface area (Å²) in [5.74, 6) is -1.98. The van der Waals surface area contributed by atoms with Gasteiger partial charge in [-0.3, -0.25) is 9.78 Å². The number of hydrogen-bond acceptors (Lipinski definition) is 2. The summed E-state index contributed by atoms with van der Waals surface area (Å²) in [5.41, 5.74) is -0.0564. The van der Waals surface area contributed by atoms with Crippen molar-refractivity contribution in [3.05, 3.63) is 58.4 Å². The highest BCUT2D eigenvalue weighted by Gasteiger charge is 2.13. The second-order valence-electron chi connectivity index (χ2n) is 3.89. The molecule has 1 N–H and O–H groups in total. The SMILES string of the molecule is Cc1cc(F)c(NC(=O)c2cc(Cl)ccn2)cc1F. The third-order valence-corrected chi connectivity index (χ3v) is 2.69. The van der Waals surface area contributed by atoms with Crippen molar-refractivity contribution >= 4 is 23.2 Å². The largest absolute Gasteiger partial charge is 0.318 e. The van der Waals surface area contributed by atoms with E-state index in [-0.39, 0.29) is 16.9 Å². The lowest BCUT2D eigenvalue weighted by molar-refractivity contribution is 0.102. The van der Waals surface area contributed by atoms with Gasteiger partial charge in [0, 0.05) is 17.3 Å². The number of nitrogens with one attached hydrogen (secondary N) is 1. The van der Waals surface area contributed by atoms with E-state index in [9.17, 15) is 13.6 Å². The molecule has 0 aliphatic rings. The molecule has 0 radical (unpaired) electrons. The minimum absolute atomic E-state index is 0.0212. The van der Waals surface area contributed by atoms with Gasteiger partial charge in [0.25, 0.3) is 5.91 Å². The number of pyridine rings is 1. The van der Waals surface area contributed by atoms with Crippen molar-refractivity contribution < 1.29 is 13.6 Å². The topological polar surface area (TPSA) is 42.0 Å². The molecule has 0 spiro atoms. The first-order valence-electron chi connectivity index (χ1n) is 5.36. The zero-order valence-electron chi connectivity index (χ0n) is 9.88. The fraction of sp³-hybridized carbons (Fsp3) is 0.0769. The maximum atomic E-state index is 13.6. The molecule has 6 heteroatoms. The molecule has 1 aromatic carbocycles. The molecule has 1 heterocycles. The van der Waals surface area contributed by atoms with Gasteiger partial charge in [-0.05, 0) is 30.7 Å². The van der Waals surface area contributed by atoms with Crippen molar-refractivity contribution in [2.24, 2.45) is 0 Å². The number of carbonyl (C=O) groups excluding carboxylic acids is 1. The number of hydrogen-bond donors (Lipinski definition) is 1. The number of aryl methyl sites for hydroxylation is 1. The van der Waals surface area contributed by atoms with E-state index in [0.717, 1.165) is 12.1 Å². The van der Waals surface area contributed by atoms with E-state index in [1.165, 1.54) is 25.3 Å². The summed E-state index contributed by atoms with van der Waals surface area (Å²) in [5, 5.41) is 2.58. The second-order valence-corrected chi connectivity index (χ2v) is 4.33. The van der Waals surface area contributed by atoms with Crippen LogP contribution in [0.3, 0.4) is 0 Å². The Morgan fingerprint density at radius 2 is 2.00 bits per heavy atom. The summed E-state index contributed by atoms with van der Waals surface area (Å²) in [6.07, 6.45) is 1.35. The van der Waals surface area contributed by atoms with Crippen molar-refractivity contribution in [2.45, 2.75) is 6.92 Å². The number of benzene rings is 1. The Bertz CT molecular complexity index is 647. The zero-order valence-corrected chi connectivity index (χ0v) is 10.6. The highest BCUT2D eigenvalue weighted by molar-refractivity contribution is 6.30. The molecule has 19 heavy (non-hydrogen) atoms. The lowest BCUT2D eigenvalue weighted by Gasteiger charge is -2.07. The Kier molecular flexibility index (Phi) is 3.76. The Morgan fingerprint density at radius 1 is 1.26 bits per heavy atom. The maximum absolute atomic E-state index is 13.6. The van der Waals surface area contributed by atoms with Gasteiger partial charge in [0.15, 0.2) is 0 Å². The van der Waals surface area contributed by atoms with Crippen LogP contribution in [-0.2, 0) is 0 Å². The van der Waals surface area contributed by atoms with Gasteiger partial charge in [0.05, 0.1) is 5.69 Å². The van der Waals surface area contributed by atoms with Crippen LogP contribution >= 0.6 is 11.6 Å². The molecule has 0 bridgehead atoms. The van der Waals surface area contributed by atoms with Gasteiger partial charge in [0.2, 0.25) is 0 Å². The molecule has 98 valence electrons. The van der Waals surface area contributed by atoms with E-state index >= 15 is 0 Å². The maximum Gasteiger partial charge on any atom is 0.274 e. The van der Waals surface area contributed by atoms with Gasteiger partial charge in [-0.15, -0.1) is 0 Å². The Hall–Kier alpha value is -2.01. The average molecular weight is 283 g/mol. The van der Waals surface area contributed by atoms with E-state index in [1.54, 1.807) is 0 Å². The Labute approximate surface area is 113 Å². The third kappa shape index (κ3) is 3.06. The van der Waals surface area contributed by atoms with Crippen LogP contribution in [0.4, 0.5) is 14.5 Å². The number of aromatic nitrogens is 1. The van der Waals surface area contributed by atoms with Crippen LogP contribution < -0.4 is 5.32 Å². The van der Waals surface area contributed by atoms with Crippen LogP contribution in [0.1, 0.15) is 16.1 Å². The van der Waals surface area contributed by atoms with Crippen LogP contribution in [0.5, 0.6) is 0 Å². The van der Waals surface area contributed by atoms with E-state index in [4.69, 9.17) is 11.6 Å². The second kappa shape index (κ2) is 5.32. The number of carbonyl (C=O) groups is 1. The molecule has 3 nitrogen and oxygen atoms in total. The summed E-state index contributed by atoms with van der Waals surface area (Å²) in [6, 6.07) is 4.77. The number of nitrogens with zero attached hydrogens (tertiary/aromatic N) is 1. The highest BCUT2D eigenvalue weighted by Crippen LogP contribution is 2.19. The van der Waals surface area contributed by atoms with E-state index in [0.29, 0.717) is 5.02 Å². The zero-order chi connectivity index (χ0) is 14.0. The monoisotopic (exact) mass is 282 g/mol. The smallest absolute Gasteiger partial charge is 0.274 e. The van der Waals surface area contributed by atoms with E-state index in [2.05, 4.69) is 10.3 Å². The van der Waals surface area contributed by atoms with Gasteiger partial charge >= 0.3 is 0 Å². The molecule has 0 fully saturated rings. The van der Waals surface area contributed by atoms with Crippen LogP contribution in [0.25, 0.3) is 0 Å². The van der Waals surface area contributed by atoms with Gasteiger partial charge in [-0.2, -0.15) is 0 Å². The van der Waals surface area contributed by atoms with Gasteiger partial charge in [-0.25, -0.2) is 8.78 Å². The van der Waals surface area contributed by atoms with Crippen LogP contribution in [0.2, 0.25) is 5.02 Å². The fourth-order valence-corrected chi connectivity index (χ4v) is 1.62. The molecule has 2 aromatic rings. The van der Waals surface area contributed by atoms with Crippen molar-refractivity contribution in [3.8, 4) is 0 Å². The standard InChI is InChI=1S/C13H9ClF2N2O/c1-7-4-10(16)11(6-9(7)15)18-13(19)12-5-8(14)2-3-17-12/h2-6H,1H3,(H,18,19). The third-order valence-electron chi connectivity index (χ3n) is 2.45. The first-order chi connectivity index (χ1) is 8.97. The molecule has 0 atom stereocenters. The van der Waals surface area contributed by atoms with E-state index < -0.39 is 17.5 Å². The normalized spacial score (nSPS) is 10.3. The molecule has 0 saturated heterocycles. The van der Waals surface area contributed by atoms with Crippen molar-refractivity contribution in [1.82, 2.24) is 4.98 Å². The summed E-state index contributed by atoms with van der Waals surface area (Å²) < 4.78 is 26.9. The first kappa shape index (κ1) is 13.4. The van der Waals surface area contributed by atoms with Gasteiger partial charge in [0.1, 0.15) is 17.3 Å². The van der Waals surface area contributed by atoms with Crippen molar-refractivity contribution in [1.29, 1.82) is 0 Å². The van der Waals surface area contributed by atoms with Crippen LogP contribution in [0, 0.1) is 18.6 Å². The average Bonchev–Trinajstić information content (AvgIpc) is 2.36. The minimum Gasteiger partial charge on any atom is -0.318 e. The van der Waals surface area contributed by atoms with Crippen molar-refractivity contribution in [3.63, 3.8) is 0 Å². The molecule has 1 amide bonds. The molecule has 0 aliphatic heterocycles. The summed E-state index contributed by atoms with van der Waals surface area (Å²) >= 11 is 5.72. The van der Waals surface area contributed by atoms with Crippen LogP contribution in [0.15, 0.2) is 30.5 Å². The number of amides is 1. The molecule has 1 aromatic heterocycles. The lowest BCUT2D eigenvalue weighted by atomic mass is 10.2. The quantitative estimate of drug-likeness (QED) is 0.915. The summed E-state index contributed by atoms with van der Waals surface area (Å²) in [7, 11) is 0. The van der Waals surface area contributed by atoms with Gasteiger partial charge in [-0.1, -0.05) is 11.6 Å². The molecule has 0 aliphatic carbocycles. The molecular formula is C13H9ClF2N2O. The summed E-state index contributed by atoms with van der Waals surface area (Å²) in [4.78, 5) is 15.6. The molecule has 2 rings (SSSR count). The first-order valence-corrected chi connectivity index (χ1v) is 5.73. The highest BCUT2D eigenvalue weighted by atomic mass is 35.5. The Morgan fingerprint density at radius 3 is 2.68 bits per heavy atom. The van der Waals surface area contributed by atoms with Crippen LogP contribution in [-0.4, -0.2) is 10.9 Å². The molecule has 0 unspecified atom stereocenters. The van der Waals surface area contributed by atoms with Gasteiger partial charge < -0.3 is 5.32 Å². The lowest BCUT2D eigenvalue weighted by Crippen LogP contribution is -2.14. The molecular weight excluding hydrogens is 274 g/mol. The number of anilines is 1.